The smallest absolute Gasteiger partial charge is 0.364 e. The summed E-state index contributed by atoms with van der Waals surface area (Å²) in [4.78, 5) is 37.5. The zero-order chi connectivity index (χ0) is 20.2. The number of nitrogens with two attached hydrogens (primary N) is 1. The molecule has 0 saturated carbocycles. The molecule has 4 atom stereocenters. The number of aliphatic carboxylic acids is 2. The Morgan fingerprint density at radius 3 is 2.44 bits per heavy atom. The van der Waals surface area contributed by atoms with Crippen LogP contribution in [0.5, 0.6) is 0 Å². The van der Waals surface area contributed by atoms with Crippen LogP contribution in [0.15, 0.2) is 30.3 Å². The van der Waals surface area contributed by atoms with Crippen molar-refractivity contribution in [2.45, 2.75) is 36.6 Å². The van der Waals surface area contributed by atoms with Gasteiger partial charge in [0, 0.05) is 0 Å². The highest BCUT2D eigenvalue weighted by atomic mass is 32.2. The number of aliphatic hydroxyl groups is 1. The number of aryl methyl sites for hydroxylation is 1. The largest absolute Gasteiger partial charge is 0.548 e. The van der Waals surface area contributed by atoms with Crippen LogP contribution in [0, 0.1) is 0 Å². The number of hydrogen-bond donors (Lipinski definition) is 3. The van der Waals surface area contributed by atoms with E-state index in [0.29, 0.717) is 6.42 Å². The number of aliphatic hydroxyl groups excluding tert-OH is 1. The van der Waals surface area contributed by atoms with Gasteiger partial charge in [-0.2, -0.15) is 0 Å². The van der Waals surface area contributed by atoms with Crippen LogP contribution >= 0.6 is 0 Å². The van der Waals surface area contributed by atoms with E-state index in [-0.39, 0.29) is 18.8 Å². The van der Waals surface area contributed by atoms with E-state index < -0.39 is 51.4 Å². The number of carboxylic acid groups (broad SMARTS) is 2. The van der Waals surface area contributed by atoms with Crippen LogP contribution in [0.2, 0.25) is 0 Å². The average molecular weight is 396 g/mol. The lowest BCUT2D eigenvalue weighted by Crippen LogP contribution is -2.55. The Kier molecular flexibility index (Phi) is 6.99. The van der Waals surface area contributed by atoms with Crippen molar-refractivity contribution in [3.63, 3.8) is 0 Å². The predicted molar refractivity (Wildman–Crippen MR) is 98.6 cm³/mol. The summed E-state index contributed by atoms with van der Waals surface area (Å²) in [5, 5.41) is 30.7. The Labute approximate surface area is 160 Å². The molecule has 1 fully saturated rings. The van der Waals surface area contributed by atoms with Gasteiger partial charge in [0.25, 0.3) is 4.75 Å². The molecule has 0 aliphatic carbocycles. The summed E-state index contributed by atoms with van der Waals surface area (Å²) in [6, 6.07) is 7.33. The summed E-state index contributed by atoms with van der Waals surface area (Å²) in [5.74, 6) is -2.73. The fourth-order valence-corrected chi connectivity index (χ4v) is 5.69. The Hall–Kier alpha value is -1.94. The Morgan fingerprint density at radius 1 is 1.33 bits per heavy atom. The lowest BCUT2D eigenvalue weighted by molar-refractivity contribution is -0.311. The summed E-state index contributed by atoms with van der Waals surface area (Å²) < 4.78 is -1.74. The molecular formula is C18H24N2O6S. The van der Waals surface area contributed by atoms with Crippen molar-refractivity contribution >= 4 is 27.9 Å². The zero-order valence-corrected chi connectivity index (χ0v) is 15.9. The first-order valence-corrected chi connectivity index (χ1v) is 9.96. The maximum atomic E-state index is 12.5. The highest BCUT2D eigenvalue weighted by Crippen LogP contribution is 2.33. The quantitative estimate of drug-likeness (QED) is 0.442. The van der Waals surface area contributed by atoms with Gasteiger partial charge in [0.2, 0.25) is 0 Å². The van der Waals surface area contributed by atoms with E-state index in [1.54, 1.807) is 0 Å². The lowest BCUT2D eigenvalue weighted by atomic mass is 10.0. The van der Waals surface area contributed by atoms with E-state index in [2.05, 4.69) is 0 Å². The minimum absolute atomic E-state index is 0.0688. The van der Waals surface area contributed by atoms with Crippen molar-refractivity contribution in [1.82, 2.24) is 4.90 Å². The van der Waals surface area contributed by atoms with Gasteiger partial charge in [0.05, 0.1) is 29.5 Å². The molecule has 0 radical (unpaired) electrons. The van der Waals surface area contributed by atoms with E-state index in [0.717, 1.165) is 5.56 Å². The van der Waals surface area contributed by atoms with Crippen molar-refractivity contribution in [3.8, 4) is 0 Å². The third-order valence-electron chi connectivity index (χ3n) is 4.75. The summed E-state index contributed by atoms with van der Waals surface area (Å²) in [6.45, 7) is 0.445. The highest BCUT2D eigenvalue weighted by molar-refractivity contribution is 8.13. The van der Waals surface area contributed by atoms with Crippen LogP contribution in [0.4, 0.5) is 0 Å². The van der Waals surface area contributed by atoms with Crippen LogP contribution < -0.4 is 10.8 Å². The van der Waals surface area contributed by atoms with Gasteiger partial charge in [-0.25, -0.2) is 14.5 Å². The number of rotatable bonds is 8. The summed E-state index contributed by atoms with van der Waals surface area (Å²) in [7, 11) is -1.42. The molecule has 1 aliphatic rings. The first-order valence-electron chi connectivity index (χ1n) is 8.56. The number of carbonyl (C=O) groups is 3. The van der Waals surface area contributed by atoms with Crippen LogP contribution in [0.1, 0.15) is 18.9 Å². The predicted octanol–water partition coefficient (Wildman–Crippen LogP) is -1.68. The van der Waals surface area contributed by atoms with Gasteiger partial charge in [0.1, 0.15) is 12.6 Å². The van der Waals surface area contributed by atoms with Gasteiger partial charge >= 0.3 is 11.1 Å². The van der Waals surface area contributed by atoms with Crippen molar-refractivity contribution in [2.75, 3.05) is 19.0 Å². The number of benzene rings is 1. The molecule has 1 aromatic carbocycles. The normalized spacial score (nSPS) is 25.1. The van der Waals surface area contributed by atoms with Gasteiger partial charge in [-0.05, 0) is 25.3 Å². The van der Waals surface area contributed by atoms with E-state index in [9.17, 15) is 29.7 Å². The lowest BCUT2D eigenvalue weighted by Gasteiger charge is -2.26. The summed E-state index contributed by atoms with van der Waals surface area (Å²) in [6.07, 6.45) is 0.668. The maximum Gasteiger partial charge on any atom is 0.364 e. The van der Waals surface area contributed by atoms with Gasteiger partial charge in [-0.15, -0.1) is 0 Å². The second kappa shape index (κ2) is 8.83. The topological polar surface area (TPSA) is 144 Å². The number of hydrogen-bond acceptors (Lipinski definition) is 7. The number of carbonyl (C=O) groups excluding carboxylic acids is 2. The standard InChI is InChI=1S/C18H24N2O6S/c1-12(19)16(24)27-11-20(9-18(27,10-21)17(25)26)14(15(22)23)8-7-13-5-3-2-4-6-13/h2-6,12,14,21H,7-11,19H2,1H3,(H-,22,23,25,26)/t12-,14?,18?,27?/m0/s1. The third-order valence-corrected chi connectivity index (χ3v) is 7.57. The Bertz CT molecular complexity index is 698. The maximum absolute atomic E-state index is 12.5. The van der Waals surface area contributed by atoms with Gasteiger partial charge in [0.15, 0.2) is 5.88 Å². The van der Waals surface area contributed by atoms with E-state index in [4.69, 9.17) is 5.73 Å². The molecule has 0 aromatic heterocycles. The van der Waals surface area contributed by atoms with E-state index in [1.165, 1.54) is 11.8 Å². The van der Waals surface area contributed by atoms with E-state index >= 15 is 0 Å². The van der Waals surface area contributed by atoms with Crippen molar-refractivity contribution in [3.05, 3.63) is 35.9 Å². The SMILES string of the molecule is C[C@H](N)C(=O)[S+]1CN(C(CCc2ccccc2)C(=O)[O-])CC1(CO)C(=O)O. The fourth-order valence-electron chi connectivity index (χ4n) is 3.19. The van der Waals surface area contributed by atoms with Crippen LogP contribution in [-0.2, 0) is 31.7 Å². The summed E-state index contributed by atoms with van der Waals surface area (Å²) in [5.41, 5.74) is 6.59. The third kappa shape index (κ3) is 4.49. The van der Waals surface area contributed by atoms with Crippen LogP contribution in [0.3, 0.4) is 0 Å². The summed E-state index contributed by atoms with van der Waals surface area (Å²) >= 11 is 0. The minimum atomic E-state index is -1.74. The molecule has 9 heteroatoms. The molecule has 4 N–H and O–H groups in total. The Balaban J connectivity index is 2.25. The monoisotopic (exact) mass is 396 g/mol. The molecule has 0 spiro atoms. The van der Waals surface area contributed by atoms with Crippen molar-refractivity contribution in [2.24, 2.45) is 5.73 Å². The molecule has 148 valence electrons. The first-order chi connectivity index (χ1) is 12.7. The number of carboxylic acids is 2. The van der Waals surface area contributed by atoms with Gasteiger partial charge in [-0.1, -0.05) is 30.3 Å². The molecule has 27 heavy (non-hydrogen) atoms. The van der Waals surface area contributed by atoms with Crippen molar-refractivity contribution in [1.29, 1.82) is 0 Å². The highest BCUT2D eigenvalue weighted by Gasteiger charge is 2.65. The van der Waals surface area contributed by atoms with Crippen molar-refractivity contribution < 1.29 is 29.7 Å². The molecule has 8 nitrogen and oxygen atoms in total. The number of nitrogens with zero attached hydrogens (tertiary/aromatic N) is 1. The second-order valence-corrected chi connectivity index (χ2v) is 8.91. The molecule has 1 aliphatic heterocycles. The average Bonchev–Trinajstić information content (AvgIpc) is 3.02. The fraction of sp³-hybridized carbons (Fsp3) is 0.500. The Morgan fingerprint density at radius 2 is 1.96 bits per heavy atom. The first kappa shape index (κ1) is 21.4. The van der Waals surface area contributed by atoms with E-state index in [1.807, 2.05) is 30.3 Å². The zero-order valence-electron chi connectivity index (χ0n) is 15.0. The molecule has 1 saturated heterocycles. The molecular weight excluding hydrogens is 372 g/mol. The molecule has 1 heterocycles. The molecule has 0 bridgehead atoms. The molecule has 1 aromatic rings. The second-order valence-electron chi connectivity index (χ2n) is 6.69. The molecule has 3 unspecified atom stereocenters. The van der Waals surface area contributed by atoms with Gasteiger partial charge in [-0.3, -0.25) is 0 Å². The van der Waals surface area contributed by atoms with Crippen LogP contribution in [0.25, 0.3) is 0 Å². The van der Waals surface area contributed by atoms with Gasteiger partial charge < -0.3 is 25.8 Å². The minimum Gasteiger partial charge on any atom is -0.548 e. The molecule has 2 rings (SSSR count). The van der Waals surface area contributed by atoms with Crippen LogP contribution in [-0.4, -0.2) is 68.0 Å². The molecule has 0 amide bonds.